The van der Waals surface area contributed by atoms with Crippen molar-refractivity contribution in [2.45, 2.75) is 58.2 Å². The Kier molecular flexibility index (Phi) is 8.46. The Labute approximate surface area is 230 Å². The minimum atomic E-state index is -3.84. The van der Waals surface area contributed by atoms with Crippen LogP contribution in [0, 0.1) is 6.92 Å². The minimum absolute atomic E-state index is 0.0962. The van der Waals surface area contributed by atoms with E-state index in [0.717, 1.165) is 39.6 Å². The number of allylic oxidation sites excluding steroid dienone is 4. The quantitative estimate of drug-likeness (QED) is 0.502. The number of anilines is 1. The summed E-state index contributed by atoms with van der Waals surface area (Å²) in [7, 11) is -3.84. The topological polar surface area (TPSA) is 118 Å². The number of aryl methyl sites for hydroxylation is 1. The molecule has 1 saturated heterocycles. The number of aliphatic hydroxyl groups is 1. The first-order chi connectivity index (χ1) is 18.4. The second kappa shape index (κ2) is 11.6. The Hall–Kier alpha value is -3.63. The van der Waals surface area contributed by atoms with Crippen LogP contribution in [0.2, 0.25) is 0 Å². The minimum Gasteiger partial charge on any atom is -0.490 e. The number of nitrogens with one attached hydrogen (secondary N) is 1. The highest BCUT2D eigenvalue weighted by Gasteiger charge is 2.33. The molecule has 2 aromatic rings. The molecule has 0 radical (unpaired) electrons. The van der Waals surface area contributed by atoms with Crippen LogP contribution >= 0.6 is 0 Å². The van der Waals surface area contributed by atoms with Crippen molar-refractivity contribution >= 4 is 27.4 Å². The van der Waals surface area contributed by atoms with Gasteiger partial charge < -0.3 is 14.6 Å². The highest BCUT2D eigenvalue weighted by atomic mass is 32.2. The molecule has 1 amide bonds. The predicted molar refractivity (Wildman–Crippen MR) is 151 cm³/mol. The van der Waals surface area contributed by atoms with Crippen molar-refractivity contribution in [3.8, 4) is 11.6 Å². The lowest BCUT2D eigenvalue weighted by Gasteiger charge is -2.20. The van der Waals surface area contributed by atoms with Gasteiger partial charge in [0.25, 0.3) is 5.91 Å². The zero-order valence-electron chi connectivity index (χ0n) is 22.5. The fraction of sp³-hybridized carbons (Fsp3) is 0.379. The maximum absolute atomic E-state index is 12.1. The maximum atomic E-state index is 12.1. The summed E-state index contributed by atoms with van der Waals surface area (Å²) in [5.74, 6) is 0.583. The first kappa shape index (κ1) is 28.4. The van der Waals surface area contributed by atoms with Crippen molar-refractivity contribution in [2.24, 2.45) is 0 Å². The number of aromatic nitrogens is 1. The van der Waals surface area contributed by atoms with Gasteiger partial charge in [0.05, 0.1) is 17.9 Å². The summed E-state index contributed by atoms with van der Waals surface area (Å²) < 4.78 is 39.1. The van der Waals surface area contributed by atoms with E-state index in [9.17, 15) is 18.3 Å². The molecule has 1 fully saturated rings. The maximum Gasteiger partial charge on any atom is 0.326 e. The fourth-order valence-corrected chi connectivity index (χ4v) is 5.50. The van der Waals surface area contributed by atoms with E-state index in [0.29, 0.717) is 36.8 Å². The highest BCUT2D eigenvalue weighted by Crippen LogP contribution is 2.31. The Balaban J connectivity index is 1.38. The SMILES string of the molecule is C=C1CC[C@@H](Oc2ccc(N3CC(=O)NS3(=O)=O)cc2)C/C=C\C=C/1c1ccc(OCCC(C)(C)O)nc1C. The van der Waals surface area contributed by atoms with Gasteiger partial charge in [-0.2, -0.15) is 8.42 Å². The first-order valence-corrected chi connectivity index (χ1v) is 14.3. The molecule has 1 aromatic carbocycles. The van der Waals surface area contributed by atoms with Crippen LogP contribution in [0.15, 0.2) is 66.8 Å². The number of ether oxygens (including phenoxy) is 2. The van der Waals surface area contributed by atoms with E-state index in [1.165, 1.54) is 0 Å². The van der Waals surface area contributed by atoms with E-state index in [2.05, 4.69) is 17.6 Å². The first-order valence-electron chi connectivity index (χ1n) is 12.9. The van der Waals surface area contributed by atoms with Crippen LogP contribution in [0.1, 0.15) is 50.8 Å². The van der Waals surface area contributed by atoms with Crippen LogP contribution in [-0.2, 0) is 15.0 Å². The molecule has 1 aliphatic heterocycles. The molecule has 4 rings (SSSR count). The van der Waals surface area contributed by atoms with E-state index in [-0.39, 0.29) is 12.6 Å². The largest absolute Gasteiger partial charge is 0.490 e. The number of hydrogen-bond acceptors (Lipinski definition) is 7. The summed E-state index contributed by atoms with van der Waals surface area (Å²) >= 11 is 0. The third-order valence-electron chi connectivity index (χ3n) is 6.51. The van der Waals surface area contributed by atoms with Gasteiger partial charge in [0, 0.05) is 30.2 Å². The molecule has 0 unspecified atom stereocenters. The summed E-state index contributed by atoms with van der Waals surface area (Å²) in [6.45, 7) is 9.92. The Morgan fingerprint density at radius 1 is 1.21 bits per heavy atom. The molecule has 0 bridgehead atoms. The Morgan fingerprint density at radius 2 is 1.95 bits per heavy atom. The molecule has 208 valence electrons. The lowest BCUT2D eigenvalue weighted by Crippen LogP contribution is -2.29. The van der Waals surface area contributed by atoms with Gasteiger partial charge in [0.2, 0.25) is 5.88 Å². The second-order valence-corrected chi connectivity index (χ2v) is 11.9. The molecule has 2 heterocycles. The van der Waals surface area contributed by atoms with E-state index >= 15 is 0 Å². The normalized spacial score (nSPS) is 21.7. The number of carbonyl (C=O) groups excluding carboxylic acids is 1. The van der Waals surface area contributed by atoms with Crippen LogP contribution in [0.3, 0.4) is 0 Å². The van der Waals surface area contributed by atoms with E-state index < -0.39 is 21.7 Å². The van der Waals surface area contributed by atoms with E-state index in [1.807, 2.05) is 35.9 Å². The Bertz CT molecular complexity index is 1390. The van der Waals surface area contributed by atoms with Gasteiger partial charge in [0.15, 0.2) is 0 Å². The lowest BCUT2D eigenvalue weighted by molar-refractivity contribution is -0.117. The molecule has 9 nitrogen and oxygen atoms in total. The van der Waals surface area contributed by atoms with Gasteiger partial charge in [-0.3, -0.25) is 4.79 Å². The molecule has 0 spiro atoms. The van der Waals surface area contributed by atoms with Crippen molar-refractivity contribution in [1.82, 2.24) is 9.71 Å². The molecule has 2 N–H and O–H groups in total. The standard InChI is InChI=1S/C29H35N3O6S/c1-20-9-12-23(38-24-13-10-22(11-14-24)32-19-27(33)31-39(32,35)36)7-5-6-8-25(20)26-15-16-28(30-21(26)2)37-18-17-29(3,4)34/h5-6,8,10-11,13-16,23,34H,1,7,9,12,17-19H2,2-4H3,(H,31,33)/b6-5-,25-8+/t23-/m0/s1. The van der Waals surface area contributed by atoms with Crippen LogP contribution < -0.4 is 18.5 Å². The van der Waals surface area contributed by atoms with E-state index in [4.69, 9.17) is 9.47 Å². The second-order valence-electron chi connectivity index (χ2n) is 10.4. The van der Waals surface area contributed by atoms with Gasteiger partial charge in [-0.05, 0) is 75.1 Å². The number of hydrogen-bond donors (Lipinski definition) is 2. The zero-order chi connectivity index (χ0) is 28.2. The van der Waals surface area contributed by atoms with Crippen molar-refractivity contribution < 1.29 is 27.8 Å². The van der Waals surface area contributed by atoms with Crippen LogP contribution in [0.4, 0.5) is 5.69 Å². The smallest absolute Gasteiger partial charge is 0.326 e. The monoisotopic (exact) mass is 553 g/mol. The van der Waals surface area contributed by atoms with Crippen molar-refractivity contribution in [3.63, 3.8) is 0 Å². The predicted octanol–water partition coefficient (Wildman–Crippen LogP) is 4.24. The van der Waals surface area contributed by atoms with Crippen LogP contribution in [0.5, 0.6) is 11.6 Å². The molecule has 1 atom stereocenters. The highest BCUT2D eigenvalue weighted by molar-refractivity contribution is 7.92. The zero-order valence-corrected chi connectivity index (χ0v) is 23.3. The van der Waals surface area contributed by atoms with Gasteiger partial charge >= 0.3 is 10.2 Å². The van der Waals surface area contributed by atoms with Crippen molar-refractivity contribution in [3.05, 3.63) is 78.0 Å². The van der Waals surface area contributed by atoms with Gasteiger partial charge in [0.1, 0.15) is 18.4 Å². The molecule has 1 aliphatic carbocycles. The summed E-state index contributed by atoms with van der Waals surface area (Å²) in [5, 5.41) is 9.88. The summed E-state index contributed by atoms with van der Waals surface area (Å²) in [6.07, 6.45) is 8.68. The third-order valence-corrected chi connectivity index (χ3v) is 7.91. The third kappa shape index (κ3) is 7.48. The molecular formula is C29H35N3O6S. The number of rotatable bonds is 8. The molecular weight excluding hydrogens is 518 g/mol. The van der Waals surface area contributed by atoms with Crippen LogP contribution in [0.25, 0.3) is 5.57 Å². The number of amides is 1. The molecule has 0 saturated carbocycles. The average molecular weight is 554 g/mol. The average Bonchev–Trinajstić information content (AvgIpc) is 3.17. The number of pyridine rings is 1. The summed E-state index contributed by atoms with van der Waals surface area (Å²) in [4.78, 5) is 16.1. The van der Waals surface area contributed by atoms with Gasteiger partial charge in [-0.1, -0.05) is 24.8 Å². The van der Waals surface area contributed by atoms with Crippen molar-refractivity contribution in [1.29, 1.82) is 0 Å². The molecule has 10 heteroatoms. The lowest BCUT2D eigenvalue weighted by atomic mass is 9.94. The van der Waals surface area contributed by atoms with Gasteiger partial charge in [-0.15, -0.1) is 0 Å². The fourth-order valence-electron chi connectivity index (χ4n) is 4.36. The van der Waals surface area contributed by atoms with Crippen molar-refractivity contribution in [2.75, 3.05) is 17.5 Å². The Morgan fingerprint density at radius 3 is 2.59 bits per heavy atom. The molecule has 1 aromatic heterocycles. The number of nitrogens with zero attached hydrogens (tertiary/aromatic N) is 2. The number of benzene rings is 1. The van der Waals surface area contributed by atoms with Gasteiger partial charge in [-0.25, -0.2) is 14.0 Å². The number of carbonyl (C=O) groups is 1. The van der Waals surface area contributed by atoms with E-state index in [1.54, 1.807) is 38.1 Å². The summed E-state index contributed by atoms with van der Waals surface area (Å²) in [5.41, 5.74) is 3.42. The summed E-state index contributed by atoms with van der Waals surface area (Å²) in [6, 6.07) is 10.5. The molecule has 2 aliphatic rings. The molecule has 39 heavy (non-hydrogen) atoms. The van der Waals surface area contributed by atoms with Crippen LogP contribution in [-0.4, -0.2) is 49.3 Å².